The van der Waals surface area contributed by atoms with Gasteiger partial charge in [-0.1, -0.05) is 43.8 Å². The molecule has 4 aromatic rings. The van der Waals surface area contributed by atoms with Crippen molar-refractivity contribution in [1.82, 2.24) is 19.7 Å². The number of ether oxygens (including phenoxy) is 1. The highest BCUT2D eigenvalue weighted by Gasteiger charge is 2.20. The smallest absolute Gasteiger partial charge is 0.223 e. The number of aromatic nitrogens is 4. The largest absolute Gasteiger partial charge is 0.497 e. The monoisotopic (exact) mass is 479 g/mol. The molecule has 1 amide bonds. The Morgan fingerprint density at radius 3 is 2.61 bits per heavy atom. The minimum atomic E-state index is -0.127. The predicted octanol–water partition coefficient (Wildman–Crippen LogP) is 5.77. The molecule has 170 valence electrons. The molecule has 0 atom stereocenters. The first-order chi connectivity index (χ1) is 16.0. The van der Waals surface area contributed by atoms with Crippen molar-refractivity contribution < 1.29 is 9.53 Å². The molecule has 0 spiro atoms. The van der Waals surface area contributed by atoms with Gasteiger partial charge in [-0.15, -0.1) is 21.5 Å². The molecule has 33 heavy (non-hydrogen) atoms. The highest BCUT2D eigenvalue weighted by molar-refractivity contribution is 7.98. The van der Waals surface area contributed by atoms with E-state index in [0.29, 0.717) is 16.8 Å². The van der Waals surface area contributed by atoms with Crippen LogP contribution in [0.4, 0.5) is 5.13 Å². The fraction of sp³-hybridized carbons (Fsp3) is 0.250. The number of thiazole rings is 1. The highest BCUT2D eigenvalue weighted by Crippen LogP contribution is 2.34. The molecule has 0 aliphatic heterocycles. The standard InChI is InChI=1S/C24H25N5O2S2/c1-15(2)20-7-5-6-8-21(20)29-22(17-9-11-19(31-4)12-10-17)27-28-24(29)33-14-18-13-32-23(26-18)25-16(3)30/h5-13,15H,14H2,1-4H3,(H,25,26,30). The molecule has 0 fully saturated rings. The van der Waals surface area contributed by atoms with E-state index in [1.165, 1.54) is 23.8 Å². The van der Waals surface area contributed by atoms with E-state index in [-0.39, 0.29) is 5.91 Å². The molecule has 0 radical (unpaired) electrons. The average Bonchev–Trinajstić information content (AvgIpc) is 3.44. The van der Waals surface area contributed by atoms with Crippen molar-refractivity contribution in [2.75, 3.05) is 12.4 Å². The summed E-state index contributed by atoms with van der Waals surface area (Å²) < 4.78 is 7.42. The molecule has 7 nitrogen and oxygen atoms in total. The maximum atomic E-state index is 11.3. The molecule has 0 unspecified atom stereocenters. The molecule has 9 heteroatoms. The van der Waals surface area contributed by atoms with Crippen LogP contribution in [-0.4, -0.2) is 32.8 Å². The van der Waals surface area contributed by atoms with Gasteiger partial charge >= 0.3 is 0 Å². The number of nitrogens with zero attached hydrogens (tertiary/aromatic N) is 4. The van der Waals surface area contributed by atoms with Gasteiger partial charge in [0.1, 0.15) is 5.75 Å². The van der Waals surface area contributed by atoms with E-state index in [1.807, 2.05) is 35.7 Å². The fourth-order valence-electron chi connectivity index (χ4n) is 3.41. The highest BCUT2D eigenvalue weighted by atomic mass is 32.2. The van der Waals surface area contributed by atoms with Gasteiger partial charge in [0.25, 0.3) is 0 Å². The van der Waals surface area contributed by atoms with Crippen LogP contribution in [-0.2, 0) is 10.5 Å². The quantitative estimate of drug-likeness (QED) is 0.323. The Balaban J connectivity index is 1.72. The average molecular weight is 480 g/mol. The van der Waals surface area contributed by atoms with E-state index >= 15 is 0 Å². The van der Waals surface area contributed by atoms with Crippen molar-refractivity contribution in [1.29, 1.82) is 0 Å². The SMILES string of the molecule is COc1ccc(-c2nnc(SCc3csc(NC(C)=O)n3)n2-c2ccccc2C(C)C)cc1. The molecule has 0 saturated heterocycles. The van der Waals surface area contributed by atoms with Crippen molar-refractivity contribution in [2.45, 2.75) is 37.6 Å². The van der Waals surface area contributed by atoms with Gasteiger partial charge in [0.2, 0.25) is 5.91 Å². The van der Waals surface area contributed by atoms with E-state index in [2.05, 4.69) is 57.1 Å². The number of benzene rings is 2. The van der Waals surface area contributed by atoms with E-state index in [9.17, 15) is 4.79 Å². The molecular formula is C24H25N5O2S2. The van der Waals surface area contributed by atoms with Gasteiger partial charge in [-0.2, -0.15) is 0 Å². The third kappa shape index (κ3) is 5.26. The Kier molecular flexibility index (Phi) is 7.10. The van der Waals surface area contributed by atoms with Gasteiger partial charge in [0.05, 0.1) is 18.5 Å². The minimum Gasteiger partial charge on any atom is -0.497 e. The zero-order valence-electron chi connectivity index (χ0n) is 18.9. The van der Waals surface area contributed by atoms with Gasteiger partial charge in [-0.05, 0) is 41.8 Å². The number of thioether (sulfide) groups is 1. The van der Waals surface area contributed by atoms with Crippen molar-refractivity contribution >= 4 is 34.1 Å². The van der Waals surface area contributed by atoms with Gasteiger partial charge < -0.3 is 10.1 Å². The summed E-state index contributed by atoms with van der Waals surface area (Å²) in [5.41, 5.74) is 4.11. The minimum absolute atomic E-state index is 0.127. The second-order valence-electron chi connectivity index (χ2n) is 7.70. The molecule has 2 heterocycles. The molecule has 1 N–H and O–H groups in total. The van der Waals surface area contributed by atoms with Crippen LogP contribution in [0, 0.1) is 0 Å². The van der Waals surface area contributed by atoms with Crippen LogP contribution in [0.2, 0.25) is 0 Å². The van der Waals surface area contributed by atoms with Gasteiger partial charge in [-0.3, -0.25) is 9.36 Å². The summed E-state index contributed by atoms with van der Waals surface area (Å²) in [6.07, 6.45) is 0. The summed E-state index contributed by atoms with van der Waals surface area (Å²) in [6.45, 7) is 5.84. The lowest BCUT2D eigenvalue weighted by Crippen LogP contribution is -2.05. The van der Waals surface area contributed by atoms with Crippen LogP contribution in [0.1, 0.15) is 37.9 Å². The van der Waals surface area contributed by atoms with Crippen LogP contribution in [0.15, 0.2) is 59.1 Å². The second kappa shape index (κ2) is 10.2. The molecule has 0 aliphatic carbocycles. The van der Waals surface area contributed by atoms with E-state index in [0.717, 1.165) is 33.7 Å². The van der Waals surface area contributed by atoms with Crippen LogP contribution in [0.3, 0.4) is 0 Å². The topological polar surface area (TPSA) is 81.9 Å². The molecule has 0 saturated carbocycles. The number of hydrogen-bond donors (Lipinski definition) is 1. The number of nitrogens with one attached hydrogen (secondary N) is 1. The number of rotatable bonds is 8. The molecular weight excluding hydrogens is 454 g/mol. The number of carbonyl (C=O) groups is 1. The maximum Gasteiger partial charge on any atom is 0.223 e. The summed E-state index contributed by atoms with van der Waals surface area (Å²) in [4.78, 5) is 15.8. The van der Waals surface area contributed by atoms with Crippen molar-refractivity contribution in [3.8, 4) is 22.8 Å². The lowest BCUT2D eigenvalue weighted by Gasteiger charge is -2.17. The number of para-hydroxylation sites is 1. The molecule has 4 rings (SSSR count). The first-order valence-electron chi connectivity index (χ1n) is 10.5. The van der Waals surface area contributed by atoms with E-state index in [4.69, 9.17) is 4.74 Å². The van der Waals surface area contributed by atoms with Crippen LogP contribution < -0.4 is 10.1 Å². The summed E-state index contributed by atoms with van der Waals surface area (Å²) >= 11 is 2.98. The lowest BCUT2D eigenvalue weighted by atomic mass is 10.0. The van der Waals surface area contributed by atoms with Crippen LogP contribution in [0.25, 0.3) is 17.1 Å². The Morgan fingerprint density at radius 2 is 1.91 bits per heavy atom. The van der Waals surface area contributed by atoms with Crippen LogP contribution >= 0.6 is 23.1 Å². The normalized spacial score (nSPS) is 11.1. The summed E-state index contributed by atoms with van der Waals surface area (Å²) in [5.74, 6) is 2.38. The van der Waals surface area contributed by atoms with Gasteiger partial charge in [0.15, 0.2) is 16.1 Å². The Bertz CT molecular complexity index is 1250. The first-order valence-corrected chi connectivity index (χ1v) is 12.4. The van der Waals surface area contributed by atoms with Crippen molar-refractivity contribution in [3.63, 3.8) is 0 Å². The molecule has 0 bridgehead atoms. The summed E-state index contributed by atoms with van der Waals surface area (Å²) in [6, 6.07) is 16.2. The summed E-state index contributed by atoms with van der Waals surface area (Å²) in [5, 5.41) is 15.1. The fourth-order valence-corrected chi connectivity index (χ4v) is 5.11. The number of anilines is 1. The van der Waals surface area contributed by atoms with E-state index in [1.54, 1.807) is 18.9 Å². The summed E-state index contributed by atoms with van der Waals surface area (Å²) in [7, 11) is 1.65. The van der Waals surface area contributed by atoms with Gasteiger partial charge in [0, 0.05) is 23.6 Å². The number of hydrogen-bond acceptors (Lipinski definition) is 7. The Hall–Kier alpha value is -3.17. The zero-order valence-corrected chi connectivity index (χ0v) is 20.5. The zero-order chi connectivity index (χ0) is 23.4. The lowest BCUT2D eigenvalue weighted by molar-refractivity contribution is -0.114. The second-order valence-corrected chi connectivity index (χ2v) is 9.50. The number of amides is 1. The molecule has 2 aromatic heterocycles. The number of carbonyl (C=O) groups excluding carboxylic acids is 1. The van der Waals surface area contributed by atoms with E-state index < -0.39 is 0 Å². The number of methoxy groups -OCH3 is 1. The Morgan fingerprint density at radius 1 is 1.15 bits per heavy atom. The first kappa shape index (κ1) is 23.0. The molecule has 2 aromatic carbocycles. The maximum absolute atomic E-state index is 11.3. The molecule has 0 aliphatic rings. The third-order valence-electron chi connectivity index (χ3n) is 4.97. The Labute approximate surface area is 201 Å². The van der Waals surface area contributed by atoms with Crippen molar-refractivity contribution in [2.24, 2.45) is 0 Å². The van der Waals surface area contributed by atoms with Gasteiger partial charge in [-0.25, -0.2) is 4.98 Å². The predicted molar refractivity (Wildman–Crippen MR) is 133 cm³/mol. The van der Waals surface area contributed by atoms with Crippen molar-refractivity contribution in [3.05, 3.63) is 65.2 Å². The van der Waals surface area contributed by atoms with Crippen LogP contribution in [0.5, 0.6) is 5.75 Å². The third-order valence-corrected chi connectivity index (χ3v) is 6.73.